The normalized spacial score (nSPS) is 11.0. The summed E-state index contributed by atoms with van der Waals surface area (Å²) in [7, 11) is 0. The third kappa shape index (κ3) is 7.43. The molecular weight excluding hydrogens is 479 g/mol. The highest BCUT2D eigenvalue weighted by molar-refractivity contribution is 14.1. The number of carboxylic acid groups (broad SMARTS) is 1. The van der Waals surface area contributed by atoms with Crippen molar-refractivity contribution in [3.05, 3.63) is 63.8 Å². The number of carboxylic acids is 1. The van der Waals surface area contributed by atoms with Crippen LogP contribution in [-0.2, 0) is 14.4 Å². The summed E-state index contributed by atoms with van der Waals surface area (Å²) in [4.78, 5) is 35.3. The summed E-state index contributed by atoms with van der Waals surface area (Å²) in [5, 5.41) is 14.2. The Morgan fingerprint density at radius 3 is 2.15 bits per heavy atom. The first-order chi connectivity index (χ1) is 12.8. The predicted octanol–water partition coefficient (Wildman–Crippen LogP) is 3.99. The molecule has 6 nitrogen and oxygen atoms in total. The zero-order valence-electron chi connectivity index (χ0n) is 14.4. The van der Waals surface area contributed by atoms with E-state index in [9.17, 15) is 14.4 Å². The molecule has 0 radical (unpaired) electrons. The van der Waals surface area contributed by atoms with Crippen LogP contribution in [0.4, 0.5) is 11.4 Å². The van der Waals surface area contributed by atoms with E-state index in [1.807, 2.05) is 24.3 Å². The summed E-state index contributed by atoms with van der Waals surface area (Å²) in [6.07, 6.45) is 1.03. The number of thioether (sulfide) groups is 1. The number of hydrogen-bond acceptors (Lipinski definition) is 4. The fourth-order valence-corrected chi connectivity index (χ4v) is 3.01. The predicted molar refractivity (Wildman–Crippen MR) is 115 cm³/mol. The van der Waals surface area contributed by atoms with Crippen LogP contribution in [0.3, 0.4) is 0 Å². The Kier molecular flexibility index (Phi) is 7.86. The lowest BCUT2D eigenvalue weighted by atomic mass is 10.2. The molecule has 0 saturated heterocycles. The van der Waals surface area contributed by atoms with Crippen molar-refractivity contribution < 1.29 is 19.5 Å². The molecule has 2 aromatic carbocycles. The van der Waals surface area contributed by atoms with Crippen molar-refractivity contribution in [3.8, 4) is 0 Å². The van der Waals surface area contributed by atoms with Crippen LogP contribution >= 0.6 is 34.4 Å². The molecule has 8 heteroatoms. The van der Waals surface area contributed by atoms with Crippen LogP contribution in [0.1, 0.15) is 6.92 Å². The molecular formula is C19H17IN2O4S. The maximum absolute atomic E-state index is 12.0. The Balaban J connectivity index is 1.83. The van der Waals surface area contributed by atoms with Crippen molar-refractivity contribution in [1.82, 2.24) is 0 Å². The molecule has 0 fully saturated rings. The lowest BCUT2D eigenvalue weighted by Gasteiger charge is -2.07. The molecule has 0 spiro atoms. The van der Waals surface area contributed by atoms with Crippen LogP contribution in [0.2, 0.25) is 0 Å². The quantitative estimate of drug-likeness (QED) is 0.306. The van der Waals surface area contributed by atoms with Gasteiger partial charge in [-0.2, -0.15) is 0 Å². The largest absolute Gasteiger partial charge is 0.478 e. The number of rotatable bonds is 7. The van der Waals surface area contributed by atoms with Gasteiger partial charge in [0.2, 0.25) is 11.8 Å². The SMILES string of the molecule is CC(=CC(=O)Nc1ccc(SCC(=O)Nc2ccc(I)cc2)cc1)C(=O)O. The Morgan fingerprint density at radius 2 is 1.56 bits per heavy atom. The number of hydrogen-bond donors (Lipinski definition) is 3. The van der Waals surface area contributed by atoms with Crippen LogP contribution in [0, 0.1) is 3.57 Å². The molecule has 3 N–H and O–H groups in total. The van der Waals surface area contributed by atoms with Gasteiger partial charge in [-0.1, -0.05) is 0 Å². The van der Waals surface area contributed by atoms with Gasteiger partial charge >= 0.3 is 5.97 Å². The minimum Gasteiger partial charge on any atom is -0.478 e. The van der Waals surface area contributed by atoms with E-state index >= 15 is 0 Å². The molecule has 0 saturated carbocycles. The molecule has 27 heavy (non-hydrogen) atoms. The number of amides is 2. The molecule has 0 heterocycles. The van der Waals surface area contributed by atoms with Gasteiger partial charge in [-0.3, -0.25) is 9.59 Å². The number of anilines is 2. The summed E-state index contributed by atoms with van der Waals surface area (Å²) in [5.41, 5.74) is 1.25. The Bertz CT molecular complexity index is 864. The molecule has 0 aliphatic heterocycles. The van der Waals surface area contributed by atoms with Crippen molar-refractivity contribution >= 4 is 63.5 Å². The van der Waals surface area contributed by atoms with E-state index in [4.69, 9.17) is 5.11 Å². The first kappa shape index (κ1) is 21.0. The number of carbonyl (C=O) groups is 3. The monoisotopic (exact) mass is 496 g/mol. The second-order valence-corrected chi connectivity index (χ2v) is 7.78. The highest BCUT2D eigenvalue weighted by atomic mass is 127. The van der Waals surface area contributed by atoms with Crippen LogP contribution in [0.15, 0.2) is 65.1 Å². The van der Waals surface area contributed by atoms with Gasteiger partial charge in [-0.25, -0.2) is 4.79 Å². The minimum atomic E-state index is -1.14. The van der Waals surface area contributed by atoms with E-state index in [2.05, 4.69) is 33.2 Å². The van der Waals surface area contributed by atoms with E-state index in [-0.39, 0.29) is 17.2 Å². The minimum absolute atomic E-state index is 0.0428. The van der Waals surface area contributed by atoms with E-state index in [0.29, 0.717) is 5.69 Å². The molecule has 140 valence electrons. The molecule has 0 unspecified atom stereocenters. The van der Waals surface area contributed by atoms with Crippen molar-refractivity contribution in [3.63, 3.8) is 0 Å². The smallest absolute Gasteiger partial charge is 0.331 e. The zero-order valence-corrected chi connectivity index (χ0v) is 17.3. The Labute approximate surface area is 174 Å². The number of benzene rings is 2. The molecule has 0 bridgehead atoms. The summed E-state index contributed by atoms with van der Waals surface area (Å²) in [6.45, 7) is 1.35. The van der Waals surface area contributed by atoms with Crippen molar-refractivity contribution in [2.45, 2.75) is 11.8 Å². The number of aliphatic carboxylic acids is 1. The number of halogens is 1. The van der Waals surface area contributed by atoms with E-state index in [0.717, 1.165) is 20.2 Å². The van der Waals surface area contributed by atoms with Crippen LogP contribution in [0.5, 0.6) is 0 Å². The van der Waals surface area contributed by atoms with Crippen molar-refractivity contribution in [1.29, 1.82) is 0 Å². The molecule has 2 rings (SSSR count). The van der Waals surface area contributed by atoms with Gasteiger partial charge in [-0.05, 0) is 78.0 Å². The van der Waals surface area contributed by atoms with Gasteiger partial charge in [0.25, 0.3) is 0 Å². The standard InChI is InChI=1S/C19H17IN2O4S/c1-12(19(25)26)10-17(23)21-15-6-8-16(9-7-15)27-11-18(24)22-14-4-2-13(20)3-5-14/h2-10H,11H2,1H3,(H,21,23)(H,22,24)(H,25,26). The maximum atomic E-state index is 12.0. The van der Waals surface area contributed by atoms with Crippen LogP contribution in [0.25, 0.3) is 0 Å². The lowest BCUT2D eigenvalue weighted by Crippen LogP contribution is -2.13. The van der Waals surface area contributed by atoms with Gasteiger partial charge in [0.15, 0.2) is 0 Å². The summed E-state index contributed by atoms with van der Waals surface area (Å²) in [5.74, 6) is -1.49. The first-order valence-corrected chi connectivity index (χ1v) is 9.91. The van der Waals surface area contributed by atoms with Crippen molar-refractivity contribution in [2.75, 3.05) is 16.4 Å². The number of carbonyl (C=O) groups excluding carboxylic acids is 2. The topological polar surface area (TPSA) is 95.5 Å². The Morgan fingerprint density at radius 1 is 1.00 bits per heavy atom. The van der Waals surface area contributed by atoms with Crippen LogP contribution < -0.4 is 10.6 Å². The molecule has 0 atom stereocenters. The summed E-state index contributed by atoms with van der Waals surface area (Å²) in [6, 6.07) is 14.5. The van der Waals surface area contributed by atoms with Crippen molar-refractivity contribution in [2.24, 2.45) is 0 Å². The second kappa shape index (κ2) is 10.1. The average Bonchev–Trinajstić information content (AvgIpc) is 2.63. The number of nitrogens with one attached hydrogen (secondary N) is 2. The second-order valence-electron chi connectivity index (χ2n) is 5.49. The van der Waals surface area contributed by atoms with Crippen LogP contribution in [-0.4, -0.2) is 28.6 Å². The fourth-order valence-electron chi connectivity index (χ4n) is 1.95. The van der Waals surface area contributed by atoms with E-state index in [1.165, 1.54) is 18.7 Å². The van der Waals surface area contributed by atoms with E-state index < -0.39 is 11.9 Å². The van der Waals surface area contributed by atoms with Gasteiger partial charge in [-0.15, -0.1) is 11.8 Å². The molecule has 0 aliphatic carbocycles. The van der Waals surface area contributed by atoms with Gasteiger partial charge in [0, 0.05) is 31.5 Å². The third-order valence-corrected chi connectivity index (χ3v) is 5.04. The highest BCUT2D eigenvalue weighted by Crippen LogP contribution is 2.21. The highest BCUT2D eigenvalue weighted by Gasteiger charge is 2.06. The summed E-state index contributed by atoms with van der Waals surface area (Å²) >= 11 is 3.58. The van der Waals surface area contributed by atoms with Gasteiger partial charge < -0.3 is 15.7 Å². The average molecular weight is 496 g/mol. The maximum Gasteiger partial charge on any atom is 0.331 e. The molecule has 2 aromatic rings. The van der Waals surface area contributed by atoms with Gasteiger partial charge in [0.1, 0.15) is 0 Å². The lowest BCUT2D eigenvalue weighted by molar-refractivity contribution is -0.132. The molecule has 2 amide bonds. The molecule has 0 aliphatic rings. The summed E-state index contributed by atoms with van der Waals surface area (Å²) < 4.78 is 1.10. The fraction of sp³-hybridized carbons (Fsp3) is 0.105. The van der Waals surface area contributed by atoms with E-state index in [1.54, 1.807) is 24.3 Å². The molecule has 0 aromatic heterocycles. The Hall–Kier alpha value is -2.33. The zero-order chi connectivity index (χ0) is 19.8. The third-order valence-electron chi connectivity index (χ3n) is 3.30. The first-order valence-electron chi connectivity index (χ1n) is 7.84. The van der Waals surface area contributed by atoms with Gasteiger partial charge in [0.05, 0.1) is 5.75 Å².